The standard InChI is InChI=1S/C27H22Cl2FN5O3/c28-19-13-16(14-20(29)23(19)30)24-25-17(5-6-31-24)26(34-7-10-37-11-8-34)18(15-32-25)27(36)33-35-9-12-38-22-4-2-1-3-21(22)35/h1-6,13-15H,7-12H2,(H,33,36). The van der Waals surface area contributed by atoms with Gasteiger partial charge in [-0.1, -0.05) is 35.3 Å². The smallest absolute Gasteiger partial charge is 0.273 e. The second-order valence-corrected chi connectivity index (χ2v) is 9.65. The van der Waals surface area contributed by atoms with Crippen LogP contribution >= 0.6 is 23.2 Å². The number of para-hydroxylation sites is 2. The summed E-state index contributed by atoms with van der Waals surface area (Å²) in [4.78, 5) is 25.0. The van der Waals surface area contributed by atoms with Gasteiger partial charge in [0, 0.05) is 36.4 Å². The predicted molar refractivity (Wildman–Crippen MR) is 145 cm³/mol. The van der Waals surface area contributed by atoms with E-state index in [9.17, 15) is 9.18 Å². The topological polar surface area (TPSA) is 79.8 Å². The van der Waals surface area contributed by atoms with Crippen LogP contribution in [-0.4, -0.2) is 55.3 Å². The van der Waals surface area contributed by atoms with E-state index < -0.39 is 5.82 Å². The number of aromatic nitrogens is 2. The Morgan fingerprint density at radius 2 is 1.76 bits per heavy atom. The Hall–Kier alpha value is -3.66. The minimum atomic E-state index is -0.692. The van der Waals surface area contributed by atoms with Gasteiger partial charge in [0.15, 0.2) is 5.82 Å². The van der Waals surface area contributed by atoms with Crippen LogP contribution in [0, 0.1) is 5.82 Å². The van der Waals surface area contributed by atoms with Gasteiger partial charge < -0.3 is 14.4 Å². The zero-order valence-electron chi connectivity index (χ0n) is 20.1. The van der Waals surface area contributed by atoms with E-state index in [1.165, 1.54) is 12.1 Å². The molecule has 1 N–H and O–H groups in total. The number of benzene rings is 2. The molecule has 1 saturated heterocycles. The van der Waals surface area contributed by atoms with Crippen molar-refractivity contribution in [1.29, 1.82) is 0 Å². The number of rotatable bonds is 4. The summed E-state index contributed by atoms with van der Waals surface area (Å²) >= 11 is 12.1. The van der Waals surface area contributed by atoms with Crippen LogP contribution in [0.5, 0.6) is 5.75 Å². The molecule has 194 valence electrons. The molecule has 0 saturated carbocycles. The molecule has 6 rings (SSSR count). The quantitative estimate of drug-likeness (QED) is 0.351. The van der Waals surface area contributed by atoms with Gasteiger partial charge in [-0.25, -0.2) is 4.39 Å². The maximum Gasteiger partial charge on any atom is 0.273 e. The summed E-state index contributed by atoms with van der Waals surface area (Å²) < 4.78 is 25.4. The molecule has 0 unspecified atom stereocenters. The number of nitrogens with zero attached hydrogens (tertiary/aromatic N) is 4. The summed E-state index contributed by atoms with van der Waals surface area (Å²) in [6.45, 7) is 3.21. The number of halogens is 3. The first kappa shape index (κ1) is 24.7. The van der Waals surface area contributed by atoms with Crippen molar-refractivity contribution in [3.05, 3.63) is 76.3 Å². The Bertz CT molecular complexity index is 1520. The average molecular weight is 554 g/mol. The number of morpholine rings is 1. The molecule has 38 heavy (non-hydrogen) atoms. The third-order valence-corrected chi connectivity index (χ3v) is 7.10. The van der Waals surface area contributed by atoms with E-state index in [1.54, 1.807) is 17.4 Å². The molecule has 4 aromatic rings. The number of hydrogen-bond acceptors (Lipinski definition) is 7. The first-order chi connectivity index (χ1) is 18.5. The fourth-order valence-electron chi connectivity index (χ4n) is 4.78. The van der Waals surface area contributed by atoms with E-state index in [-0.39, 0.29) is 16.0 Å². The first-order valence-electron chi connectivity index (χ1n) is 12.1. The highest BCUT2D eigenvalue weighted by molar-refractivity contribution is 6.35. The second kappa shape index (κ2) is 10.2. The summed E-state index contributed by atoms with van der Waals surface area (Å²) in [7, 11) is 0. The number of ether oxygens (including phenoxy) is 2. The number of pyridine rings is 2. The molecule has 2 aliphatic rings. The van der Waals surface area contributed by atoms with Crippen molar-refractivity contribution in [3.63, 3.8) is 0 Å². The van der Waals surface area contributed by atoms with Crippen LogP contribution in [0.15, 0.2) is 54.9 Å². The molecular formula is C27H22Cl2FN5O3. The summed E-state index contributed by atoms with van der Waals surface area (Å²) in [6.07, 6.45) is 3.18. The van der Waals surface area contributed by atoms with Crippen LogP contribution in [0.4, 0.5) is 15.8 Å². The fourth-order valence-corrected chi connectivity index (χ4v) is 5.26. The minimum Gasteiger partial charge on any atom is -0.489 e. The number of nitrogens with one attached hydrogen (secondary N) is 1. The number of hydrazine groups is 1. The SMILES string of the molecule is O=C(NN1CCOc2ccccc21)c1cnc2c(-c3cc(Cl)c(F)c(Cl)c3)nccc2c1N1CCOCC1. The van der Waals surface area contributed by atoms with Gasteiger partial charge in [0.05, 0.1) is 58.0 Å². The Labute approximate surface area is 227 Å². The lowest BCUT2D eigenvalue weighted by Crippen LogP contribution is -2.47. The normalized spacial score (nSPS) is 15.2. The third-order valence-electron chi connectivity index (χ3n) is 6.55. The number of carbonyl (C=O) groups excluding carboxylic acids is 1. The summed E-state index contributed by atoms with van der Waals surface area (Å²) in [5.41, 5.74) is 6.49. The van der Waals surface area contributed by atoms with E-state index in [2.05, 4.69) is 20.3 Å². The molecule has 8 nitrogen and oxygen atoms in total. The number of anilines is 2. The Morgan fingerprint density at radius 1 is 1.00 bits per heavy atom. The van der Waals surface area contributed by atoms with E-state index in [0.29, 0.717) is 67.5 Å². The van der Waals surface area contributed by atoms with Crippen molar-refractivity contribution >= 4 is 51.4 Å². The van der Waals surface area contributed by atoms with Crippen LogP contribution < -0.4 is 20.1 Å². The van der Waals surface area contributed by atoms with Gasteiger partial charge in [0.25, 0.3) is 5.91 Å². The number of hydrogen-bond donors (Lipinski definition) is 1. The molecule has 0 radical (unpaired) electrons. The van der Waals surface area contributed by atoms with E-state index in [4.69, 9.17) is 32.7 Å². The zero-order valence-corrected chi connectivity index (χ0v) is 21.6. The largest absolute Gasteiger partial charge is 0.489 e. The predicted octanol–water partition coefficient (Wildman–Crippen LogP) is 5.12. The fraction of sp³-hybridized carbons (Fsp3) is 0.222. The highest BCUT2D eigenvalue weighted by Crippen LogP contribution is 2.37. The van der Waals surface area contributed by atoms with Crippen LogP contribution in [-0.2, 0) is 4.74 Å². The lowest BCUT2D eigenvalue weighted by atomic mass is 10.0. The van der Waals surface area contributed by atoms with Gasteiger partial charge in [-0.15, -0.1) is 0 Å². The van der Waals surface area contributed by atoms with Crippen LogP contribution in [0.2, 0.25) is 10.0 Å². The molecule has 2 aliphatic heterocycles. The Kier molecular flexibility index (Phi) is 6.65. The Morgan fingerprint density at radius 3 is 2.55 bits per heavy atom. The number of amides is 1. The van der Waals surface area contributed by atoms with Gasteiger partial charge in [0.1, 0.15) is 12.4 Å². The van der Waals surface area contributed by atoms with E-state index in [1.807, 2.05) is 30.3 Å². The summed E-state index contributed by atoms with van der Waals surface area (Å²) in [6, 6.07) is 12.3. The molecule has 2 aromatic heterocycles. The van der Waals surface area contributed by atoms with E-state index >= 15 is 0 Å². The van der Waals surface area contributed by atoms with Crippen LogP contribution in [0.3, 0.4) is 0 Å². The number of carbonyl (C=O) groups is 1. The van der Waals surface area contributed by atoms with Crippen molar-refractivity contribution in [2.75, 3.05) is 49.4 Å². The molecule has 1 fully saturated rings. The summed E-state index contributed by atoms with van der Waals surface area (Å²) in [5.74, 6) is -0.289. The minimum absolute atomic E-state index is 0.110. The van der Waals surface area contributed by atoms with Gasteiger partial charge >= 0.3 is 0 Å². The van der Waals surface area contributed by atoms with Gasteiger partial charge in [-0.05, 0) is 30.3 Å². The zero-order chi connectivity index (χ0) is 26.2. The molecule has 1 amide bonds. The molecular weight excluding hydrogens is 532 g/mol. The van der Waals surface area contributed by atoms with Crippen molar-refractivity contribution in [2.24, 2.45) is 0 Å². The molecule has 4 heterocycles. The Balaban J connectivity index is 1.46. The van der Waals surface area contributed by atoms with E-state index in [0.717, 1.165) is 16.8 Å². The van der Waals surface area contributed by atoms with Crippen molar-refractivity contribution in [1.82, 2.24) is 15.4 Å². The molecule has 0 atom stereocenters. The molecule has 2 aromatic carbocycles. The summed E-state index contributed by atoms with van der Waals surface area (Å²) in [5, 5.41) is 2.29. The lowest BCUT2D eigenvalue weighted by Gasteiger charge is -2.33. The van der Waals surface area contributed by atoms with Crippen LogP contribution in [0.1, 0.15) is 10.4 Å². The first-order valence-corrected chi connectivity index (χ1v) is 12.8. The molecule has 0 aliphatic carbocycles. The number of fused-ring (bicyclic) bond motifs is 2. The molecule has 11 heteroatoms. The second-order valence-electron chi connectivity index (χ2n) is 8.84. The van der Waals surface area contributed by atoms with Crippen molar-refractivity contribution in [2.45, 2.75) is 0 Å². The lowest BCUT2D eigenvalue weighted by molar-refractivity contribution is 0.0943. The van der Waals surface area contributed by atoms with Crippen LogP contribution in [0.25, 0.3) is 22.2 Å². The highest BCUT2D eigenvalue weighted by atomic mass is 35.5. The van der Waals surface area contributed by atoms with Crippen molar-refractivity contribution < 1.29 is 18.7 Å². The molecule has 0 bridgehead atoms. The maximum absolute atomic E-state index is 14.1. The van der Waals surface area contributed by atoms with Gasteiger partial charge in [-0.2, -0.15) is 0 Å². The monoisotopic (exact) mass is 553 g/mol. The molecule has 0 spiro atoms. The average Bonchev–Trinajstić information content (AvgIpc) is 2.95. The van der Waals surface area contributed by atoms with Gasteiger partial charge in [-0.3, -0.25) is 25.2 Å². The highest BCUT2D eigenvalue weighted by Gasteiger charge is 2.26. The third kappa shape index (κ3) is 4.47. The van der Waals surface area contributed by atoms with Crippen molar-refractivity contribution in [3.8, 4) is 17.0 Å². The maximum atomic E-state index is 14.1. The van der Waals surface area contributed by atoms with Gasteiger partial charge in [0.2, 0.25) is 0 Å².